The summed E-state index contributed by atoms with van der Waals surface area (Å²) in [4.78, 5) is 36.4. The van der Waals surface area contributed by atoms with Crippen LogP contribution in [0.4, 0.5) is 0 Å². The van der Waals surface area contributed by atoms with E-state index in [9.17, 15) is 14.4 Å². The van der Waals surface area contributed by atoms with E-state index in [0.717, 1.165) is 0 Å². The van der Waals surface area contributed by atoms with Crippen molar-refractivity contribution < 1.29 is 33.3 Å². The molecule has 1 amide bonds. The van der Waals surface area contributed by atoms with Crippen molar-refractivity contribution in [1.29, 1.82) is 0 Å². The predicted molar refractivity (Wildman–Crippen MR) is 110 cm³/mol. The number of hydrogen-bond donors (Lipinski definition) is 1. The van der Waals surface area contributed by atoms with Gasteiger partial charge < -0.3 is 24.3 Å². The summed E-state index contributed by atoms with van der Waals surface area (Å²) >= 11 is 11.7. The SMILES string of the molecule is COc1cc(C(=O)COC(=O)CNC(=O)c2ccc(Cl)cc2Cl)cc(OC)c1OC. The Balaban J connectivity index is 1.94. The monoisotopic (exact) mass is 455 g/mol. The quantitative estimate of drug-likeness (QED) is 0.457. The van der Waals surface area contributed by atoms with Gasteiger partial charge in [0, 0.05) is 10.6 Å². The second-order valence-electron chi connectivity index (χ2n) is 5.80. The molecular weight excluding hydrogens is 437 g/mol. The normalized spacial score (nSPS) is 10.2. The first-order valence-corrected chi connectivity index (χ1v) is 9.28. The summed E-state index contributed by atoms with van der Waals surface area (Å²) in [5, 5.41) is 2.89. The standard InChI is InChI=1S/C20H19Cl2NO7/c1-27-16-6-11(7-17(28-2)19(16)29-3)15(24)10-30-18(25)9-23-20(26)13-5-4-12(21)8-14(13)22/h4-8H,9-10H2,1-3H3,(H,23,26). The number of amides is 1. The molecule has 0 unspecified atom stereocenters. The third kappa shape index (κ3) is 5.77. The summed E-state index contributed by atoms with van der Waals surface area (Å²) in [6.07, 6.45) is 0. The zero-order valence-corrected chi connectivity index (χ0v) is 17.9. The van der Waals surface area contributed by atoms with Crippen molar-refractivity contribution in [3.63, 3.8) is 0 Å². The number of methoxy groups -OCH3 is 3. The Kier molecular flexibility index (Phi) is 8.32. The first kappa shape index (κ1) is 23.3. The lowest BCUT2D eigenvalue weighted by Gasteiger charge is -2.13. The molecule has 2 aromatic rings. The molecule has 0 aromatic heterocycles. The van der Waals surface area contributed by atoms with Gasteiger partial charge in [0.1, 0.15) is 6.54 Å². The molecule has 0 aliphatic heterocycles. The van der Waals surface area contributed by atoms with Gasteiger partial charge in [-0.2, -0.15) is 0 Å². The minimum atomic E-state index is -0.797. The molecule has 0 radical (unpaired) electrons. The van der Waals surface area contributed by atoms with Gasteiger partial charge in [0.2, 0.25) is 11.5 Å². The van der Waals surface area contributed by atoms with E-state index < -0.39 is 30.8 Å². The van der Waals surface area contributed by atoms with Crippen LogP contribution in [0.2, 0.25) is 10.0 Å². The van der Waals surface area contributed by atoms with Crippen LogP contribution in [0.3, 0.4) is 0 Å². The summed E-state index contributed by atoms with van der Waals surface area (Å²) in [5.41, 5.74) is 0.358. The summed E-state index contributed by atoms with van der Waals surface area (Å²) in [5.74, 6) is -0.956. The van der Waals surface area contributed by atoms with E-state index >= 15 is 0 Å². The molecule has 10 heteroatoms. The van der Waals surface area contributed by atoms with E-state index in [1.54, 1.807) is 0 Å². The van der Waals surface area contributed by atoms with E-state index in [4.69, 9.17) is 42.1 Å². The highest BCUT2D eigenvalue weighted by Gasteiger charge is 2.18. The third-order valence-corrected chi connectivity index (χ3v) is 4.47. The van der Waals surface area contributed by atoms with Crippen LogP contribution in [0.5, 0.6) is 17.2 Å². The molecular formula is C20H19Cl2NO7. The van der Waals surface area contributed by atoms with E-state index in [1.807, 2.05) is 0 Å². The third-order valence-electron chi connectivity index (χ3n) is 3.92. The van der Waals surface area contributed by atoms with Gasteiger partial charge in [0.05, 0.1) is 31.9 Å². The van der Waals surface area contributed by atoms with Crippen LogP contribution in [0.1, 0.15) is 20.7 Å². The zero-order valence-electron chi connectivity index (χ0n) is 16.4. The van der Waals surface area contributed by atoms with Crippen LogP contribution in [0, 0.1) is 0 Å². The van der Waals surface area contributed by atoms with Crippen LogP contribution in [0.25, 0.3) is 0 Å². The van der Waals surface area contributed by atoms with Crippen LogP contribution in [-0.2, 0) is 9.53 Å². The molecule has 2 rings (SSSR count). The van der Waals surface area contributed by atoms with Crippen LogP contribution >= 0.6 is 23.2 Å². The maximum absolute atomic E-state index is 12.4. The van der Waals surface area contributed by atoms with Gasteiger partial charge in [0.25, 0.3) is 5.91 Å². The number of nitrogens with one attached hydrogen (secondary N) is 1. The number of carbonyl (C=O) groups excluding carboxylic acids is 3. The summed E-state index contributed by atoms with van der Waals surface area (Å²) < 4.78 is 20.5. The van der Waals surface area contributed by atoms with Crippen molar-refractivity contribution >= 4 is 40.9 Å². The predicted octanol–water partition coefficient (Wildman–Crippen LogP) is 3.18. The molecule has 0 aliphatic rings. The van der Waals surface area contributed by atoms with E-state index in [1.165, 1.54) is 51.7 Å². The highest BCUT2D eigenvalue weighted by Crippen LogP contribution is 2.38. The Morgan fingerprint density at radius 3 is 2.10 bits per heavy atom. The number of halogens is 2. The molecule has 0 aliphatic carbocycles. The molecule has 0 saturated heterocycles. The van der Waals surface area contributed by atoms with Gasteiger partial charge in [-0.15, -0.1) is 0 Å². The maximum Gasteiger partial charge on any atom is 0.325 e. The second-order valence-corrected chi connectivity index (χ2v) is 6.65. The number of carbonyl (C=O) groups is 3. The van der Waals surface area contributed by atoms with Crippen molar-refractivity contribution in [3.05, 3.63) is 51.5 Å². The molecule has 0 heterocycles. The van der Waals surface area contributed by atoms with Crippen molar-refractivity contribution in [3.8, 4) is 17.2 Å². The molecule has 0 atom stereocenters. The van der Waals surface area contributed by atoms with Gasteiger partial charge in [-0.3, -0.25) is 14.4 Å². The summed E-state index contributed by atoms with van der Waals surface area (Å²) in [6.45, 7) is -0.977. The second kappa shape index (κ2) is 10.7. The molecule has 8 nitrogen and oxygen atoms in total. The molecule has 2 aromatic carbocycles. The fourth-order valence-electron chi connectivity index (χ4n) is 2.44. The topological polar surface area (TPSA) is 100 Å². The lowest BCUT2D eigenvalue weighted by atomic mass is 10.1. The van der Waals surface area contributed by atoms with Gasteiger partial charge in [-0.05, 0) is 30.3 Å². The highest BCUT2D eigenvalue weighted by atomic mass is 35.5. The Labute approximate surface area is 183 Å². The number of Topliss-reactive ketones (excluding diaryl/α,β-unsaturated/α-hetero) is 1. The number of benzene rings is 2. The average molecular weight is 456 g/mol. The van der Waals surface area contributed by atoms with Crippen molar-refractivity contribution in [2.24, 2.45) is 0 Å². The Bertz CT molecular complexity index is 937. The lowest BCUT2D eigenvalue weighted by Crippen LogP contribution is -2.31. The first-order chi connectivity index (χ1) is 14.3. The van der Waals surface area contributed by atoms with Crippen molar-refractivity contribution in [2.75, 3.05) is 34.5 Å². The first-order valence-electron chi connectivity index (χ1n) is 8.52. The zero-order chi connectivity index (χ0) is 22.3. The van der Waals surface area contributed by atoms with Gasteiger partial charge in [-0.25, -0.2) is 0 Å². The molecule has 0 fully saturated rings. The molecule has 0 saturated carbocycles. The molecule has 160 valence electrons. The maximum atomic E-state index is 12.4. The molecule has 30 heavy (non-hydrogen) atoms. The van der Waals surface area contributed by atoms with Gasteiger partial charge in [-0.1, -0.05) is 23.2 Å². The van der Waals surface area contributed by atoms with Crippen LogP contribution < -0.4 is 19.5 Å². The van der Waals surface area contributed by atoms with Crippen LogP contribution in [-0.4, -0.2) is 52.1 Å². The van der Waals surface area contributed by atoms with E-state index in [2.05, 4.69) is 5.32 Å². The Hall–Kier alpha value is -2.97. The smallest absolute Gasteiger partial charge is 0.325 e. The fourth-order valence-corrected chi connectivity index (χ4v) is 2.94. The lowest BCUT2D eigenvalue weighted by molar-refractivity contribution is -0.141. The Morgan fingerprint density at radius 2 is 1.57 bits per heavy atom. The van der Waals surface area contributed by atoms with Crippen molar-refractivity contribution in [2.45, 2.75) is 0 Å². The minimum absolute atomic E-state index is 0.144. The van der Waals surface area contributed by atoms with Gasteiger partial charge in [0.15, 0.2) is 18.1 Å². The largest absolute Gasteiger partial charge is 0.493 e. The number of hydrogen-bond acceptors (Lipinski definition) is 7. The fraction of sp³-hybridized carbons (Fsp3) is 0.250. The average Bonchev–Trinajstić information content (AvgIpc) is 2.74. The molecule has 1 N–H and O–H groups in total. The highest BCUT2D eigenvalue weighted by molar-refractivity contribution is 6.36. The van der Waals surface area contributed by atoms with Gasteiger partial charge >= 0.3 is 5.97 Å². The number of esters is 1. The number of rotatable bonds is 9. The molecule has 0 bridgehead atoms. The van der Waals surface area contributed by atoms with E-state index in [0.29, 0.717) is 22.3 Å². The minimum Gasteiger partial charge on any atom is -0.493 e. The Morgan fingerprint density at radius 1 is 0.933 bits per heavy atom. The number of ether oxygens (including phenoxy) is 4. The van der Waals surface area contributed by atoms with Crippen molar-refractivity contribution in [1.82, 2.24) is 5.32 Å². The summed E-state index contributed by atoms with van der Waals surface area (Å²) in [6, 6.07) is 7.23. The van der Waals surface area contributed by atoms with E-state index in [-0.39, 0.29) is 16.1 Å². The molecule has 0 spiro atoms. The number of ketones is 1. The van der Waals surface area contributed by atoms with Crippen LogP contribution in [0.15, 0.2) is 30.3 Å². The summed E-state index contributed by atoms with van der Waals surface area (Å²) in [7, 11) is 4.28.